The van der Waals surface area contributed by atoms with E-state index in [0.29, 0.717) is 6.61 Å². The quantitative estimate of drug-likeness (QED) is 0.830. The fourth-order valence-corrected chi connectivity index (χ4v) is 2.15. The number of amides is 1. The number of hydrogen-bond donors (Lipinski definition) is 1. The van der Waals surface area contributed by atoms with Crippen LogP contribution in [0.1, 0.15) is 40.5 Å². The van der Waals surface area contributed by atoms with Crippen LogP contribution < -0.4 is 5.73 Å². The van der Waals surface area contributed by atoms with Crippen molar-refractivity contribution in [2.24, 2.45) is 11.1 Å². The van der Waals surface area contributed by atoms with Gasteiger partial charge in [0, 0.05) is 19.2 Å². The Hall–Kier alpha value is -0.680. The van der Waals surface area contributed by atoms with Crippen LogP contribution in [0, 0.1) is 5.41 Å². The first-order valence-electron chi connectivity index (χ1n) is 7.03. The predicted octanol–water partition coefficient (Wildman–Crippen LogP) is 1.73. The third-order valence-corrected chi connectivity index (χ3v) is 3.86. The number of rotatable bonds is 5. The average Bonchev–Trinajstić information content (AvgIpc) is 2.86. The molecule has 0 aliphatic carbocycles. The van der Waals surface area contributed by atoms with Gasteiger partial charge in [0.2, 0.25) is 0 Å². The van der Waals surface area contributed by atoms with Gasteiger partial charge in [-0.2, -0.15) is 0 Å². The van der Waals surface area contributed by atoms with Crippen molar-refractivity contribution >= 4 is 5.91 Å². The van der Waals surface area contributed by atoms with Gasteiger partial charge in [0.25, 0.3) is 5.91 Å². The number of ether oxygens (including phenoxy) is 1. The van der Waals surface area contributed by atoms with Crippen molar-refractivity contribution < 1.29 is 13.9 Å². The number of alkyl halides is 1. The second-order valence-electron chi connectivity index (χ2n) is 6.37. The van der Waals surface area contributed by atoms with E-state index in [2.05, 4.69) is 0 Å². The highest BCUT2D eigenvalue weighted by Gasteiger charge is 2.36. The van der Waals surface area contributed by atoms with Crippen LogP contribution in [0.15, 0.2) is 0 Å². The number of nitrogens with two attached hydrogens (primary N) is 1. The van der Waals surface area contributed by atoms with Crippen LogP contribution in [-0.2, 0) is 9.53 Å². The molecule has 4 nitrogen and oxygen atoms in total. The lowest BCUT2D eigenvalue weighted by atomic mass is 9.86. The summed E-state index contributed by atoms with van der Waals surface area (Å²) in [5.41, 5.74) is 5.23. The number of carbonyl (C=O) groups is 1. The molecule has 0 spiro atoms. The van der Waals surface area contributed by atoms with Gasteiger partial charge < -0.3 is 15.4 Å². The van der Waals surface area contributed by atoms with Crippen molar-refractivity contribution in [2.45, 2.75) is 58.9 Å². The number of hydrogen-bond acceptors (Lipinski definition) is 3. The maximum Gasteiger partial charge on any atom is 0.252 e. The highest BCUT2D eigenvalue weighted by Crippen LogP contribution is 2.26. The first kappa shape index (κ1) is 16.4. The minimum absolute atomic E-state index is 0.0492. The van der Waals surface area contributed by atoms with Gasteiger partial charge in [-0.15, -0.1) is 0 Å². The molecule has 5 heteroatoms. The topological polar surface area (TPSA) is 55.6 Å². The molecule has 1 amide bonds. The molecule has 0 aromatic heterocycles. The third-order valence-electron chi connectivity index (χ3n) is 3.86. The zero-order chi connectivity index (χ0) is 14.6. The van der Waals surface area contributed by atoms with E-state index in [0.717, 1.165) is 12.8 Å². The summed E-state index contributed by atoms with van der Waals surface area (Å²) in [6, 6.07) is -0.0611. The van der Waals surface area contributed by atoms with E-state index in [1.54, 1.807) is 4.90 Å². The molecule has 1 heterocycles. The van der Waals surface area contributed by atoms with Gasteiger partial charge >= 0.3 is 0 Å². The largest absolute Gasteiger partial charge is 0.368 e. The minimum Gasteiger partial charge on any atom is -0.368 e. The Morgan fingerprint density at radius 1 is 1.53 bits per heavy atom. The van der Waals surface area contributed by atoms with E-state index in [9.17, 15) is 9.18 Å². The molecular weight excluding hydrogens is 247 g/mol. The van der Waals surface area contributed by atoms with Crippen molar-refractivity contribution in [3.8, 4) is 0 Å². The van der Waals surface area contributed by atoms with E-state index in [1.165, 1.54) is 0 Å². The summed E-state index contributed by atoms with van der Waals surface area (Å²) in [5, 5.41) is 0. The zero-order valence-corrected chi connectivity index (χ0v) is 12.5. The second kappa shape index (κ2) is 6.66. The lowest BCUT2D eigenvalue weighted by molar-refractivity contribution is -0.146. The van der Waals surface area contributed by atoms with E-state index >= 15 is 0 Å². The highest BCUT2D eigenvalue weighted by molar-refractivity contribution is 5.81. The van der Waals surface area contributed by atoms with Crippen LogP contribution >= 0.6 is 0 Å². The fraction of sp³-hybridized carbons (Fsp3) is 0.929. The van der Waals surface area contributed by atoms with E-state index in [4.69, 9.17) is 10.5 Å². The lowest BCUT2D eigenvalue weighted by Crippen LogP contribution is -2.52. The van der Waals surface area contributed by atoms with Crippen LogP contribution in [0.5, 0.6) is 0 Å². The van der Waals surface area contributed by atoms with Gasteiger partial charge in [0.1, 0.15) is 12.3 Å². The van der Waals surface area contributed by atoms with Gasteiger partial charge in [0.05, 0.1) is 6.54 Å². The van der Waals surface area contributed by atoms with Crippen molar-refractivity contribution in [1.82, 2.24) is 4.90 Å². The van der Waals surface area contributed by atoms with Gasteiger partial charge in [-0.05, 0) is 25.2 Å². The molecule has 1 aliphatic rings. The Bertz CT molecular complexity index is 298. The molecule has 1 rings (SSSR count). The first-order chi connectivity index (χ1) is 8.77. The SMILES string of the molecule is CC(N(C[C@H](F)CN)C(=O)[C@@H]1CCCO1)C(C)(C)C. The van der Waals surface area contributed by atoms with Crippen LogP contribution in [0.25, 0.3) is 0 Å². The Balaban J connectivity index is 2.81. The summed E-state index contributed by atoms with van der Waals surface area (Å²) >= 11 is 0. The predicted molar refractivity (Wildman–Crippen MR) is 73.6 cm³/mol. The second-order valence-corrected chi connectivity index (χ2v) is 6.37. The molecule has 2 N–H and O–H groups in total. The molecule has 0 aromatic carbocycles. The van der Waals surface area contributed by atoms with Crippen LogP contribution in [0.3, 0.4) is 0 Å². The van der Waals surface area contributed by atoms with Crippen molar-refractivity contribution in [3.63, 3.8) is 0 Å². The Labute approximate surface area is 115 Å². The molecule has 1 fully saturated rings. The summed E-state index contributed by atoms with van der Waals surface area (Å²) in [5.74, 6) is -0.101. The molecule has 0 aromatic rings. The third kappa shape index (κ3) is 4.42. The number of halogens is 1. The average molecular weight is 274 g/mol. The standard InChI is InChI=1S/C14H27FN2O2/c1-10(14(2,3)4)17(9-11(15)8-16)13(18)12-6-5-7-19-12/h10-12H,5-9,16H2,1-4H3/t10?,11-,12+/m1/s1. The van der Waals surface area contributed by atoms with Crippen molar-refractivity contribution in [1.29, 1.82) is 0 Å². The summed E-state index contributed by atoms with van der Waals surface area (Å²) in [7, 11) is 0. The van der Waals surface area contributed by atoms with E-state index in [1.807, 2.05) is 27.7 Å². The van der Waals surface area contributed by atoms with Gasteiger partial charge in [0.15, 0.2) is 0 Å². The van der Waals surface area contributed by atoms with E-state index < -0.39 is 12.3 Å². The smallest absolute Gasteiger partial charge is 0.252 e. The maximum atomic E-state index is 13.6. The monoisotopic (exact) mass is 274 g/mol. The summed E-state index contributed by atoms with van der Waals surface area (Å²) in [4.78, 5) is 14.1. The Kier molecular flexibility index (Phi) is 5.74. The molecule has 0 radical (unpaired) electrons. The van der Waals surface area contributed by atoms with Crippen LogP contribution in [-0.4, -0.2) is 48.8 Å². The van der Waals surface area contributed by atoms with Gasteiger partial charge in [-0.3, -0.25) is 4.79 Å². The molecule has 1 saturated heterocycles. The zero-order valence-electron chi connectivity index (χ0n) is 12.5. The van der Waals surface area contributed by atoms with Gasteiger partial charge in [-0.25, -0.2) is 4.39 Å². The van der Waals surface area contributed by atoms with Crippen LogP contribution in [0.4, 0.5) is 4.39 Å². The van der Waals surface area contributed by atoms with Crippen molar-refractivity contribution in [3.05, 3.63) is 0 Å². The molecular formula is C14H27FN2O2. The summed E-state index contributed by atoms with van der Waals surface area (Å²) < 4.78 is 19.0. The molecule has 3 atom stereocenters. The van der Waals surface area contributed by atoms with E-state index in [-0.39, 0.29) is 30.5 Å². The number of carbonyl (C=O) groups excluding carboxylic acids is 1. The molecule has 0 saturated carbocycles. The summed E-state index contributed by atoms with van der Waals surface area (Å²) in [6.45, 7) is 8.69. The first-order valence-corrected chi connectivity index (χ1v) is 7.03. The molecule has 0 bridgehead atoms. The number of nitrogens with zero attached hydrogens (tertiary/aromatic N) is 1. The maximum absolute atomic E-state index is 13.6. The van der Waals surface area contributed by atoms with Crippen LogP contribution in [0.2, 0.25) is 0 Å². The van der Waals surface area contributed by atoms with Gasteiger partial charge in [-0.1, -0.05) is 20.8 Å². The molecule has 112 valence electrons. The normalized spacial score (nSPS) is 23.2. The fourth-order valence-electron chi connectivity index (χ4n) is 2.15. The Morgan fingerprint density at radius 2 is 2.16 bits per heavy atom. The molecule has 19 heavy (non-hydrogen) atoms. The molecule has 1 unspecified atom stereocenters. The van der Waals surface area contributed by atoms with Crippen molar-refractivity contribution in [2.75, 3.05) is 19.7 Å². The summed E-state index contributed by atoms with van der Waals surface area (Å²) in [6.07, 6.45) is 0.0282. The lowest BCUT2D eigenvalue weighted by Gasteiger charge is -2.39. The minimum atomic E-state index is -1.19. The highest BCUT2D eigenvalue weighted by atomic mass is 19.1. The molecule has 1 aliphatic heterocycles. The Morgan fingerprint density at radius 3 is 2.58 bits per heavy atom.